The van der Waals surface area contributed by atoms with E-state index in [1.165, 1.54) is 37.1 Å². The molecule has 0 saturated carbocycles. The van der Waals surface area contributed by atoms with Crippen molar-refractivity contribution in [2.45, 2.75) is 45.9 Å². The van der Waals surface area contributed by atoms with Crippen LogP contribution in [0.3, 0.4) is 0 Å². The van der Waals surface area contributed by atoms with Crippen molar-refractivity contribution in [1.82, 2.24) is 10.2 Å². The van der Waals surface area contributed by atoms with Crippen LogP contribution < -0.4 is 5.32 Å². The topological polar surface area (TPSA) is 24.5 Å². The average Bonchev–Trinajstić information content (AvgIpc) is 2.48. The molecule has 21 heavy (non-hydrogen) atoms. The zero-order valence-corrected chi connectivity index (χ0v) is 13.8. The molecule has 118 valence electrons. The smallest absolute Gasteiger partial charge is 0.0713 e. The van der Waals surface area contributed by atoms with Crippen LogP contribution in [0.4, 0.5) is 0 Å². The third-order valence-corrected chi connectivity index (χ3v) is 4.16. The fourth-order valence-electron chi connectivity index (χ4n) is 3.03. The molecule has 0 amide bonds. The molecule has 3 heteroatoms. The van der Waals surface area contributed by atoms with Crippen molar-refractivity contribution in [3.8, 4) is 0 Å². The molecule has 1 N–H and O–H groups in total. The molecule has 1 atom stereocenters. The Morgan fingerprint density at radius 2 is 1.95 bits per heavy atom. The highest BCUT2D eigenvalue weighted by atomic mass is 16.5. The summed E-state index contributed by atoms with van der Waals surface area (Å²) in [5.41, 5.74) is 2.66. The largest absolute Gasteiger partial charge is 0.380 e. The summed E-state index contributed by atoms with van der Waals surface area (Å²) >= 11 is 0. The number of hydrogen-bond acceptors (Lipinski definition) is 3. The van der Waals surface area contributed by atoms with Gasteiger partial charge >= 0.3 is 0 Å². The van der Waals surface area contributed by atoms with Gasteiger partial charge in [0.05, 0.1) is 6.61 Å². The Balaban J connectivity index is 1.81. The molecule has 0 spiro atoms. The van der Waals surface area contributed by atoms with Gasteiger partial charge in [-0.2, -0.15) is 0 Å². The Kier molecular flexibility index (Phi) is 6.68. The van der Waals surface area contributed by atoms with Gasteiger partial charge in [-0.15, -0.1) is 0 Å². The molecule has 1 aromatic rings. The maximum atomic E-state index is 5.16. The number of benzene rings is 1. The van der Waals surface area contributed by atoms with Crippen LogP contribution >= 0.6 is 0 Å². The summed E-state index contributed by atoms with van der Waals surface area (Å²) in [7, 11) is 1.74. The number of likely N-dealkylation sites (tertiary alicyclic amines) is 1. The summed E-state index contributed by atoms with van der Waals surface area (Å²) in [4.78, 5) is 2.60. The fourth-order valence-corrected chi connectivity index (χ4v) is 3.03. The first-order valence-electron chi connectivity index (χ1n) is 8.20. The summed E-state index contributed by atoms with van der Waals surface area (Å²) in [5, 5.41) is 3.58. The molecule has 1 aliphatic rings. The fraction of sp³-hybridized carbons (Fsp3) is 0.667. The minimum Gasteiger partial charge on any atom is -0.380 e. The minimum absolute atomic E-state index is 0.591. The average molecular weight is 290 g/mol. The van der Waals surface area contributed by atoms with Crippen LogP contribution in [0.2, 0.25) is 0 Å². The monoisotopic (exact) mass is 290 g/mol. The van der Waals surface area contributed by atoms with E-state index in [9.17, 15) is 0 Å². The lowest BCUT2D eigenvalue weighted by atomic mass is 9.97. The van der Waals surface area contributed by atoms with Crippen molar-refractivity contribution in [2.75, 3.05) is 26.7 Å². The van der Waals surface area contributed by atoms with Gasteiger partial charge in [0.25, 0.3) is 0 Å². The van der Waals surface area contributed by atoms with Crippen molar-refractivity contribution in [3.05, 3.63) is 35.4 Å². The van der Waals surface area contributed by atoms with E-state index in [1.807, 2.05) is 0 Å². The van der Waals surface area contributed by atoms with Gasteiger partial charge in [0.1, 0.15) is 0 Å². The zero-order valence-electron chi connectivity index (χ0n) is 13.8. The van der Waals surface area contributed by atoms with Gasteiger partial charge < -0.3 is 10.1 Å². The third kappa shape index (κ3) is 5.77. The second-order valence-electron chi connectivity index (χ2n) is 6.56. The van der Waals surface area contributed by atoms with Crippen LogP contribution in [0.15, 0.2) is 24.3 Å². The highest BCUT2D eigenvalue weighted by Crippen LogP contribution is 2.18. The lowest BCUT2D eigenvalue weighted by molar-refractivity contribution is 0.164. The number of piperidine rings is 1. The second-order valence-corrected chi connectivity index (χ2v) is 6.56. The first-order chi connectivity index (χ1) is 10.2. The molecule has 2 rings (SSSR count). The quantitative estimate of drug-likeness (QED) is 0.835. The van der Waals surface area contributed by atoms with E-state index in [0.29, 0.717) is 12.6 Å². The van der Waals surface area contributed by atoms with Gasteiger partial charge in [-0.05, 0) is 43.0 Å². The first-order valence-corrected chi connectivity index (χ1v) is 8.20. The van der Waals surface area contributed by atoms with Crippen molar-refractivity contribution in [2.24, 2.45) is 5.92 Å². The SMILES string of the molecule is COCc1ccc(CN2CCCC(CNC(C)C)C2)cc1. The van der Waals surface area contributed by atoms with E-state index in [0.717, 1.165) is 19.0 Å². The number of methoxy groups -OCH3 is 1. The molecule has 1 fully saturated rings. The summed E-state index contributed by atoms with van der Waals surface area (Å²) < 4.78 is 5.16. The Morgan fingerprint density at radius 3 is 2.62 bits per heavy atom. The molecule has 1 heterocycles. The molecule has 0 aromatic heterocycles. The Hall–Kier alpha value is -0.900. The standard InChI is InChI=1S/C18H30N2O/c1-15(2)19-11-18-5-4-10-20(13-18)12-16-6-8-17(9-7-16)14-21-3/h6-9,15,18-19H,4-5,10-14H2,1-3H3. The molecule has 1 unspecified atom stereocenters. The van der Waals surface area contributed by atoms with Crippen LogP contribution in [0.25, 0.3) is 0 Å². The Labute approximate surface area is 129 Å². The Morgan fingerprint density at radius 1 is 1.24 bits per heavy atom. The van der Waals surface area contributed by atoms with E-state index < -0.39 is 0 Å². The lowest BCUT2D eigenvalue weighted by Gasteiger charge is -2.33. The third-order valence-electron chi connectivity index (χ3n) is 4.16. The number of nitrogens with zero attached hydrogens (tertiary/aromatic N) is 1. The maximum absolute atomic E-state index is 5.16. The summed E-state index contributed by atoms with van der Waals surface area (Å²) in [6.07, 6.45) is 2.69. The second kappa shape index (κ2) is 8.52. The predicted molar refractivity (Wildman–Crippen MR) is 88.3 cm³/mol. The van der Waals surface area contributed by atoms with Crippen molar-refractivity contribution < 1.29 is 4.74 Å². The van der Waals surface area contributed by atoms with E-state index in [4.69, 9.17) is 4.74 Å². The number of ether oxygens (including phenoxy) is 1. The molecule has 1 saturated heterocycles. The maximum Gasteiger partial charge on any atom is 0.0713 e. The first kappa shape index (κ1) is 16.5. The van der Waals surface area contributed by atoms with Gasteiger partial charge in [0.15, 0.2) is 0 Å². The summed E-state index contributed by atoms with van der Waals surface area (Å²) in [6, 6.07) is 9.43. The molecule has 0 bridgehead atoms. The van der Waals surface area contributed by atoms with Gasteiger partial charge in [0, 0.05) is 26.2 Å². The van der Waals surface area contributed by atoms with Gasteiger partial charge in [0.2, 0.25) is 0 Å². The molecule has 3 nitrogen and oxygen atoms in total. The van der Waals surface area contributed by atoms with Gasteiger partial charge in [-0.25, -0.2) is 0 Å². The minimum atomic E-state index is 0.591. The van der Waals surface area contributed by atoms with E-state index in [2.05, 4.69) is 48.3 Å². The highest BCUT2D eigenvalue weighted by molar-refractivity contribution is 5.22. The molecule has 1 aliphatic heterocycles. The number of hydrogen-bond donors (Lipinski definition) is 1. The number of rotatable bonds is 7. The zero-order chi connectivity index (χ0) is 15.1. The van der Waals surface area contributed by atoms with Crippen molar-refractivity contribution in [3.63, 3.8) is 0 Å². The van der Waals surface area contributed by atoms with Crippen LogP contribution in [0.5, 0.6) is 0 Å². The summed E-state index contributed by atoms with van der Waals surface area (Å²) in [5.74, 6) is 0.800. The van der Waals surface area contributed by atoms with E-state index >= 15 is 0 Å². The highest BCUT2D eigenvalue weighted by Gasteiger charge is 2.19. The van der Waals surface area contributed by atoms with E-state index in [1.54, 1.807) is 7.11 Å². The van der Waals surface area contributed by atoms with Crippen LogP contribution in [-0.2, 0) is 17.9 Å². The molecular weight excluding hydrogens is 260 g/mol. The van der Waals surface area contributed by atoms with Crippen molar-refractivity contribution >= 4 is 0 Å². The lowest BCUT2D eigenvalue weighted by Crippen LogP contribution is -2.40. The van der Waals surface area contributed by atoms with Crippen LogP contribution in [0.1, 0.15) is 37.8 Å². The summed E-state index contributed by atoms with van der Waals surface area (Å²) in [6.45, 7) is 9.83. The molecule has 0 radical (unpaired) electrons. The van der Waals surface area contributed by atoms with Gasteiger partial charge in [-0.1, -0.05) is 38.1 Å². The predicted octanol–water partition coefficient (Wildman–Crippen LogP) is 3.04. The van der Waals surface area contributed by atoms with Gasteiger partial charge in [-0.3, -0.25) is 4.90 Å². The molecule has 0 aliphatic carbocycles. The molecular formula is C18H30N2O. The van der Waals surface area contributed by atoms with Crippen LogP contribution in [-0.4, -0.2) is 37.7 Å². The van der Waals surface area contributed by atoms with E-state index in [-0.39, 0.29) is 0 Å². The normalized spacial score (nSPS) is 20.1. The number of nitrogens with one attached hydrogen (secondary N) is 1. The molecule has 1 aromatic carbocycles. The Bertz CT molecular complexity index is 402. The van der Waals surface area contributed by atoms with Crippen molar-refractivity contribution in [1.29, 1.82) is 0 Å². The van der Waals surface area contributed by atoms with Crippen LogP contribution in [0, 0.1) is 5.92 Å².